The number of nitrogens with zero attached hydrogens (tertiary/aromatic N) is 2. The van der Waals surface area contributed by atoms with Crippen LogP contribution in [0.1, 0.15) is 82.0 Å². The maximum atomic E-state index is 13.4. The van der Waals surface area contributed by atoms with E-state index < -0.39 is 11.9 Å². The van der Waals surface area contributed by atoms with E-state index in [1.165, 1.54) is 60.7 Å². The maximum absolute atomic E-state index is 13.4. The van der Waals surface area contributed by atoms with Gasteiger partial charge >= 0.3 is 0 Å². The third-order valence-electron chi connectivity index (χ3n) is 11.3. The molecule has 0 spiro atoms. The van der Waals surface area contributed by atoms with Gasteiger partial charge < -0.3 is 14.9 Å². The normalized spacial score (nSPS) is 18.0. The summed E-state index contributed by atoms with van der Waals surface area (Å²) in [7, 11) is 0. The molecule has 6 aromatic carbocycles. The minimum absolute atomic E-state index is 0. The van der Waals surface area contributed by atoms with E-state index in [1.54, 1.807) is 46.2 Å². The average molecular weight is 1190 g/mol. The third-order valence-corrected chi connectivity index (χ3v) is 11.3. The Morgan fingerprint density at radius 3 is 1.30 bits per heavy atom. The second kappa shape index (κ2) is 23.1. The van der Waals surface area contributed by atoms with Crippen LogP contribution in [0.3, 0.4) is 0 Å². The van der Waals surface area contributed by atoms with Crippen LogP contribution in [0.15, 0.2) is 146 Å². The first-order valence-electron chi connectivity index (χ1n) is 20.0. The number of hydrogen-bond acceptors (Lipinski definition) is 4. The lowest BCUT2D eigenvalue weighted by Gasteiger charge is -2.48. The van der Waals surface area contributed by atoms with Crippen LogP contribution in [-0.4, -0.2) is 22.7 Å². The summed E-state index contributed by atoms with van der Waals surface area (Å²) in [6.45, 7) is 4.00. The molecule has 0 aliphatic carbocycles. The molecule has 0 saturated carbocycles. The van der Waals surface area contributed by atoms with Crippen LogP contribution in [-0.2, 0) is 9.59 Å². The van der Waals surface area contributed by atoms with Crippen LogP contribution in [0, 0.1) is 49.0 Å². The number of aliphatic hydroxyl groups is 1. The van der Waals surface area contributed by atoms with Crippen molar-refractivity contribution in [2.75, 3.05) is 9.80 Å². The highest BCUT2D eigenvalue weighted by Gasteiger charge is 2.49. The number of amides is 2. The molecular formula is C50H45F4I3N2O4. The number of Topliss-reactive ketones (excluding diaryl/α,β-unsaturated/α-hetero) is 1. The smallest absolute Gasteiger partial charge is 0.233 e. The Hall–Kier alpha value is -4.20. The Kier molecular flexibility index (Phi) is 18.3. The number of benzene rings is 6. The fourth-order valence-electron chi connectivity index (χ4n) is 7.98. The monoisotopic (exact) mass is 1190 g/mol. The first-order valence-corrected chi connectivity index (χ1v) is 26.3. The molecule has 13 heteroatoms. The molecule has 0 aromatic heterocycles. The summed E-state index contributed by atoms with van der Waals surface area (Å²) in [5.41, 5.74) is 6.57. The number of carbonyl (C=O) groups excluding carboxylic acids is 3. The number of anilines is 2. The van der Waals surface area contributed by atoms with Gasteiger partial charge in [-0.25, -0.2) is 17.6 Å². The van der Waals surface area contributed by atoms with E-state index >= 15 is 0 Å². The van der Waals surface area contributed by atoms with E-state index in [9.17, 15) is 37.1 Å². The van der Waals surface area contributed by atoms with Crippen LogP contribution < -0.4 is 9.80 Å². The molecule has 2 fully saturated rings. The summed E-state index contributed by atoms with van der Waals surface area (Å²) in [5, 5.41) is 10.5. The number of halogens is 7. The minimum Gasteiger partial charge on any atom is -0.388 e. The van der Waals surface area contributed by atoms with Crippen molar-refractivity contribution < 1.29 is 37.1 Å². The summed E-state index contributed by atoms with van der Waals surface area (Å²) in [4.78, 5) is 41.8. The van der Waals surface area contributed by atoms with Crippen molar-refractivity contribution in [2.24, 2.45) is 11.8 Å². The fourth-order valence-corrected chi connectivity index (χ4v) is 7.98. The second-order valence-electron chi connectivity index (χ2n) is 15.4. The number of β-lactam (4-membered cyclic amide) rings is 2. The molecule has 0 radical (unpaired) electrons. The zero-order valence-electron chi connectivity index (χ0n) is 34.3. The Balaban J connectivity index is 0.000000225. The number of rotatable bonds is 12. The highest BCUT2D eigenvalue weighted by Crippen LogP contribution is 2.47. The third kappa shape index (κ3) is 12.1. The number of aryl methyl sites for hydroxylation is 2. The largest absolute Gasteiger partial charge is 0.388 e. The molecule has 6 aromatic rings. The van der Waals surface area contributed by atoms with Crippen LogP contribution in [0.5, 0.6) is 0 Å². The van der Waals surface area contributed by atoms with Crippen molar-refractivity contribution in [1.29, 1.82) is 0 Å². The van der Waals surface area contributed by atoms with Crippen molar-refractivity contribution in [3.8, 4) is 0 Å². The summed E-state index contributed by atoms with van der Waals surface area (Å²) >= 11 is 4.24. The molecule has 328 valence electrons. The lowest BCUT2D eigenvalue weighted by molar-refractivity contribution is -0.131. The van der Waals surface area contributed by atoms with Gasteiger partial charge in [-0.1, -0.05) is 71.8 Å². The van der Waals surface area contributed by atoms with Crippen LogP contribution in [0.4, 0.5) is 28.9 Å². The van der Waals surface area contributed by atoms with Crippen molar-refractivity contribution in [3.05, 3.63) is 202 Å². The van der Waals surface area contributed by atoms with Gasteiger partial charge in [-0.2, -0.15) is 0 Å². The summed E-state index contributed by atoms with van der Waals surface area (Å²) in [6.07, 6.45) is 0.708. The summed E-state index contributed by atoms with van der Waals surface area (Å²) < 4.78 is 52.9. The zero-order chi connectivity index (χ0) is 44.5. The SMILES string of the molecule is Cc1ccc([C@@H]2[C@@H](CCC(=O)c3ccc(F)cc3)C(=O)N2c2ccc(F)cc2)cc1.Cc1ccc([C@@H]2[C@@H](CC[C@H](O)c3ccc(F)cc3)C(=O)N2c2ccc(F)cc2)cc1.I.II. The van der Waals surface area contributed by atoms with Crippen molar-refractivity contribution in [1.82, 2.24) is 0 Å². The van der Waals surface area contributed by atoms with Gasteiger partial charge in [-0.3, -0.25) is 14.4 Å². The van der Waals surface area contributed by atoms with E-state index in [1.807, 2.05) is 62.4 Å². The number of ketones is 1. The standard InChI is InChI=1S/C25H23F2NO2.C25H21F2NO2.I2.HI/c2*1-16-2-4-18(5-3-16)24-22(14-15-23(29)17-6-8-19(26)9-7-17)25(30)28(24)21-12-10-20(27)11-13-21;1-2;/h2-13,22-24,29H,14-15H2,1H3;2-13,22,24H,14-15H2,1H3;;1H/t22-,23+,24-;22-,24-;;/m11../s1. The van der Waals surface area contributed by atoms with E-state index in [0.29, 0.717) is 41.8 Å². The Bertz CT molecular complexity index is 2440. The molecule has 5 atom stereocenters. The number of hydrogen-bond donors (Lipinski definition) is 1. The quantitative estimate of drug-likeness (QED) is 0.0573. The Morgan fingerprint density at radius 1 is 0.556 bits per heavy atom. The van der Waals surface area contributed by atoms with Crippen LogP contribution >= 0.6 is 61.2 Å². The number of carbonyl (C=O) groups is 3. The first kappa shape index (κ1) is 49.8. The van der Waals surface area contributed by atoms with E-state index in [4.69, 9.17) is 0 Å². The van der Waals surface area contributed by atoms with E-state index in [0.717, 1.165) is 22.3 Å². The lowest BCUT2D eigenvalue weighted by Crippen LogP contribution is -2.55. The molecule has 1 N–H and O–H groups in total. The van der Waals surface area contributed by atoms with Crippen molar-refractivity contribution in [3.63, 3.8) is 0 Å². The van der Waals surface area contributed by atoms with Gasteiger partial charge in [0, 0.05) is 60.6 Å². The lowest BCUT2D eigenvalue weighted by atomic mass is 9.78. The van der Waals surface area contributed by atoms with Crippen molar-refractivity contribution in [2.45, 2.75) is 57.7 Å². The van der Waals surface area contributed by atoms with Gasteiger partial charge in [-0.15, -0.1) is 24.0 Å². The summed E-state index contributed by atoms with van der Waals surface area (Å²) in [6, 6.07) is 38.5. The van der Waals surface area contributed by atoms with Crippen LogP contribution in [0.25, 0.3) is 0 Å². The van der Waals surface area contributed by atoms with E-state index in [-0.39, 0.29) is 89.4 Å². The van der Waals surface area contributed by atoms with Gasteiger partial charge in [0.2, 0.25) is 11.8 Å². The molecule has 63 heavy (non-hydrogen) atoms. The van der Waals surface area contributed by atoms with Gasteiger partial charge in [0.1, 0.15) is 23.3 Å². The molecule has 2 aliphatic heterocycles. The molecule has 2 amide bonds. The fraction of sp³-hybridized carbons (Fsp3) is 0.220. The van der Waals surface area contributed by atoms with Gasteiger partial charge in [0.15, 0.2) is 5.78 Å². The highest BCUT2D eigenvalue weighted by atomic mass is 128. The second-order valence-corrected chi connectivity index (χ2v) is 15.4. The van der Waals surface area contributed by atoms with Crippen molar-refractivity contribution >= 4 is 90.2 Å². The van der Waals surface area contributed by atoms with Gasteiger partial charge in [0.25, 0.3) is 0 Å². The van der Waals surface area contributed by atoms with Gasteiger partial charge in [-0.05, 0) is 135 Å². The predicted octanol–water partition coefficient (Wildman–Crippen LogP) is 13.5. The molecule has 6 nitrogen and oxygen atoms in total. The topological polar surface area (TPSA) is 77.9 Å². The summed E-state index contributed by atoms with van der Waals surface area (Å²) in [5.74, 6) is -2.33. The molecule has 2 saturated heterocycles. The molecule has 8 rings (SSSR count). The average Bonchev–Trinajstić information content (AvgIpc) is 3.28. The molecule has 2 aliphatic rings. The zero-order valence-corrected chi connectivity index (χ0v) is 41.0. The molecular weight excluding hydrogens is 1150 g/mol. The minimum atomic E-state index is -0.767. The Labute approximate surface area is 405 Å². The van der Waals surface area contributed by atoms with Crippen LogP contribution in [0.2, 0.25) is 0 Å². The predicted molar refractivity (Wildman–Crippen MR) is 267 cm³/mol. The molecule has 2 heterocycles. The Morgan fingerprint density at radius 2 is 0.905 bits per heavy atom. The first-order chi connectivity index (χ1) is 29.9. The van der Waals surface area contributed by atoms with E-state index in [2.05, 4.69) is 37.2 Å². The molecule has 0 bridgehead atoms. The number of aliphatic hydroxyl groups excluding tert-OH is 1. The van der Waals surface area contributed by atoms with Gasteiger partial charge in [0.05, 0.1) is 30.0 Å². The maximum Gasteiger partial charge on any atom is 0.233 e. The molecule has 0 unspecified atom stereocenters. The highest BCUT2D eigenvalue weighted by molar-refractivity contribution is 15.0.